The van der Waals surface area contributed by atoms with Crippen LogP contribution in [0.25, 0.3) is 0 Å². The fourth-order valence-electron chi connectivity index (χ4n) is 2.02. The van der Waals surface area contributed by atoms with Crippen molar-refractivity contribution in [3.63, 3.8) is 0 Å². The standard InChI is InChI=1S/C11H14BrFN2O2S.ClH/c1-7-4-10(13)9(12)5-11(7)18(16,17)15-3-2-8(14)6-15;/h4-5,8H,2-3,6,14H2,1H3;1H/t8-;/m1./s1. The third kappa shape index (κ3) is 3.28. The number of hydrogen-bond acceptors (Lipinski definition) is 3. The van der Waals surface area contributed by atoms with E-state index in [1.807, 2.05) is 0 Å². The second-order valence-electron chi connectivity index (χ2n) is 4.44. The first kappa shape index (κ1) is 16.8. The molecule has 1 atom stereocenters. The number of nitrogens with two attached hydrogens (primary N) is 1. The fourth-order valence-corrected chi connectivity index (χ4v) is 4.26. The lowest BCUT2D eigenvalue weighted by molar-refractivity contribution is 0.471. The first-order chi connectivity index (χ1) is 8.32. The zero-order chi connectivity index (χ0) is 13.5. The third-order valence-electron chi connectivity index (χ3n) is 3.02. The summed E-state index contributed by atoms with van der Waals surface area (Å²) >= 11 is 3.01. The average molecular weight is 374 g/mol. The molecular weight excluding hydrogens is 359 g/mol. The number of hydrogen-bond donors (Lipinski definition) is 1. The normalized spacial score (nSPS) is 20.3. The quantitative estimate of drug-likeness (QED) is 0.863. The van der Waals surface area contributed by atoms with Crippen molar-refractivity contribution in [1.82, 2.24) is 4.31 Å². The highest BCUT2D eigenvalue weighted by Crippen LogP contribution is 2.27. The van der Waals surface area contributed by atoms with Gasteiger partial charge >= 0.3 is 0 Å². The Hall–Kier alpha value is -0.210. The van der Waals surface area contributed by atoms with Gasteiger partial charge in [0, 0.05) is 19.1 Å². The van der Waals surface area contributed by atoms with E-state index in [0.29, 0.717) is 25.1 Å². The fraction of sp³-hybridized carbons (Fsp3) is 0.455. The summed E-state index contributed by atoms with van der Waals surface area (Å²) in [7, 11) is -3.58. The van der Waals surface area contributed by atoms with E-state index in [1.54, 1.807) is 6.92 Å². The van der Waals surface area contributed by atoms with Crippen LogP contribution in [0.2, 0.25) is 0 Å². The van der Waals surface area contributed by atoms with E-state index >= 15 is 0 Å². The molecule has 1 aromatic carbocycles. The van der Waals surface area contributed by atoms with Gasteiger partial charge in [0.2, 0.25) is 10.0 Å². The summed E-state index contributed by atoms with van der Waals surface area (Å²) < 4.78 is 39.6. The molecule has 0 unspecified atom stereocenters. The molecular formula is C11H15BrClFN2O2S. The molecule has 0 amide bonds. The lowest BCUT2D eigenvalue weighted by Crippen LogP contribution is -2.32. The minimum Gasteiger partial charge on any atom is -0.326 e. The van der Waals surface area contributed by atoms with E-state index in [0.717, 1.165) is 0 Å². The summed E-state index contributed by atoms with van der Waals surface area (Å²) in [5.41, 5.74) is 6.12. The highest BCUT2D eigenvalue weighted by atomic mass is 79.9. The number of sulfonamides is 1. The van der Waals surface area contributed by atoms with Gasteiger partial charge in [0.15, 0.2) is 0 Å². The van der Waals surface area contributed by atoms with Crippen molar-refractivity contribution in [2.75, 3.05) is 13.1 Å². The smallest absolute Gasteiger partial charge is 0.243 e. The zero-order valence-corrected chi connectivity index (χ0v) is 13.5. The van der Waals surface area contributed by atoms with Crippen LogP contribution >= 0.6 is 28.3 Å². The molecule has 4 nitrogen and oxygen atoms in total. The van der Waals surface area contributed by atoms with Crippen molar-refractivity contribution in [1.29, 1.82) is 0 Å². The van der Waals surface area contributed by atoms with Crippen LogP contribution in [0.1, 0.15) is 12.0 Å². The van der Waals surface area contributed by atoms with Crippen LogP contribution in [0.3, 0.4) is 0 Å². The Labute approximate surface area is 126 Å². The van der Waals surface area contributed by atoms with Crippen LogP contribution in [0.15, 0.2) is 21.5 Å². The summed E-state index contributed by atoms with van der Waals surface area (Å²) in [6.45, 7) is 2.31. The second-order valence-corrected chi connectivity index (χ2v) is 7.20. The number of benzene rings is 1. The molecule has 0 saturated carbocycles. The molecule has 19 heavy (non-hydrogen) atoms. The SMILES string of the molecule is Cc1cc(F)c(Br)cc1S(=O)(=O)N1CC[C@@H](N)C1.Cl. The first-order valence-electron chi connectivity index (χ1n) is 5.53. The molecule has 8 heteroatoms. The molecule has 1 heterocycles. The predicted octanol–water partition coefficient (Wildman–Crippen LogP) is 2.04. The van der Waals surface area contributed by atoms with Crippen LogP contribution in [0.4, 0.5) is 4.39 Å². The van der Waals surface area contributed by atoms with E-state index in [-0.39, 0.29) is 27.8 Å². The Morgan fingerprint density at radius 3 is 2.63 bits per heavy atom. The van der Waals surface area contributed by atoms with Crippen molar-refractivity contribution in [3.05, 3.63) is 28.0 Å². The van der Waals surface area contributed by atoms with E-state index in [1.165, 1.54) is 16.4 Å². The topological polar surface area (TPSA) is 63.4 Å². The Kier molecular flexibility index (Phi) is 5.36. The first-order valence-corrected chi connectivity index (χ1v) is 7.77. The van der Waals surface area contributed by atoms with Crippen molar-refractivity contribution in [2.45, 2.75) is 24.3 Å². The number of aryl methyl sites for hydroxylation is 1. The van der Waals surface area contributed by atoms with Crippen molar-refractivity contribution in [2.24, 2.45) is 5.73 Å². The molecule has 2 rings (SSSR count). The van der Waals surface area contributed by atoms with Crippen molar-refractivity contribution < 1.29 is 12.8 Å². The second kappa shape index (κ2) is 6.05. The predicted molar refractivity (Wildman–Crippen MR) is 77.4 cm³/mol. The molecule has 1 aliphatic rings. The molecule has 108 valence electrons. The van der Waals surface area contributed by atoms with E-state index < -0.39 is 15.8 Å². The maximum absolute atomic E-state index is 13.3. The largest absolute Gasteiger partial charge is 0.326 e. The summed E-state index contributed by atoms with van der Waals surface area (Å²) in [5.74, 6) is -0.468. The van der Waals surface area contributed by atoms with E-state index in [2.05, 4.69) is 15.9 Å². The maximum Gasteiger partial charge on any atom is 0.243 e. The van der Waals surface area contributed by atoms with Gasteiger partial charge in [-0.3, -0.25) is 0 Å². The lowest BCUT2D eigenvalue weighted by atomic mass is 10.2. The van der Waals surface area contributed by atoms with E-state index in [9.17, 15) is 12.8 Å². The van der Waals surface area contributed by atoms with Gasteiger partial charge in [-0.15, -0.1) is 12.4 Å². The summed E-state index contributed by atoms with van der Waals surface area (Å²) in [5, 5.41) is 0. The van der Waals surface area contributed by atoms with E-state index in [4.69, 9.17) is 5.73 Å². The minimum absolute atomic E-state index is 0. The molecule has 1 aliphatic heterocycles. The lowest BCUT2D eigenvalue weighted by Gasteiger charge is -2.17. The summed E-state index contributed by atoms with van der Waals surface area (Å²) in [4.78, 5) is 0.130. The Morgan fingerprint density at radius 2 is 2.11 bits per heavy atom. The molecule has 0 radical (unpaired) electrons. The summed E-state index contributed by atoms with van der Waals surface area (Å²) in [6.07, 6.45) is 0.653. The van der Waals surface area contributed by atoms with Gasteiger partial charge in [0.25, 0.3) is 0 Å². The Bertz CT molecular complexity index is 582. The third-order valence-corrected chi connectivity index (χ3v) is 5.64. The van der Waals surface area contributed by atoms with Gasteiger partial charge in [-0.25, -0.2) is 12.8 Å². The van der Waals surface area contributed by atoms with Gasteiger partial charge in [-0.05, 0) is 47.0 Å². The number of nitrogens with zero attached hydrogens (tertiary/aromatic N) is 1. The molecule has 2 N–H and O–H groups in total. The average Bonchev–Trinajstić information content (AvgIpc) is 2.70. The molecule has 0 aromatic heterocycles. The zero-order valence-electron chi connectivity index (χ0n) is 10.3. The highest BCUT2D eigenvalue weighted by molar-refractivity contribution is 9.10. The molecule has 0 spiro atoms. The van der Waals surface area contributed by atoms with Gasteiger partial charge in [-0.2, -0.15) is 4.31 Å². The van der Waals surface area contributed by atoms with Crippen LogP contribution in [0.5, 0.6) is 0 Å². The molecule has 1 aromatic rings. The number of rotatable bonds is 2. The van der Waals surface area contributed by atoms with Crippen LogP contribution in [-0.4, -0.2) is 31.9 Å². The monoisotopic (exact) mass is 372 g/mol. The molecule has 1 fully saturated rings. The van der Waals surface area contributed by atoms with Crippen LogP contribution in [-0.2, 0) is 10.0 Å². The van der Waals surface area contributed by atoms with Crippen LogP contribution in [0, 0.1) is 12.7 Å². The molecule has 1 saturated heterocycles. The van der Waals surface area contributed by atoms with Crippen LogP contribution < -0.4 is 5.73 Å². The van der Waals surface area contributed by atoms with Gasteiger partial charge < -0.3 is 5.73 Å². The minimum atomic E-state index is -3.58. The summed E-state index contributed by atoms with van der Waals surface area (Å²) in [6, 6.07) is 2.40. The van der Waals surface area contributed by atoms with Gasteiger partial charge in [-0.1, -0.05) is 0 Å². The molecule has 0 bridgehead atoms. The highest BCUT2D eigenvalue weighted by Gasteiger charge is 2.32. The Balaban J connectivity index is 0.00000180. The molecule has 0 aliphatic carbocycles. The number of halogens is 3. The van der Waals surface area contributed by atoms with Gasteiger partial charge in [0.05, 0.1) is 9.37 Å². The Morgan fingerprint density at radius 1 is 1.47 bits per heavy atom. The maximum atomic E-state index is 13.3. The van der Waals surface area contributed by atoms with Gasteiger partial charge in [0.1, 0.15) is 5.82 Å². The van der Waals surface area contributed by atoms with Crippen molar-refractivity contribution in [3.8, 4) is 0 Å². The van der Waals surface area contributed by atoms with Crippen molar-refractivity contribution >= 4 is 38.4 Å².